The van der Waals surface area contributed by atoms with Gasteiger partial charge in [-0.1, -0.05) is 0 Å². The van der Waals surface area contributed by atoms with Crippen LogP contribution in [0.4, 0.5) is 11.5 Å². The number of rotatable bonds is 3. The Morgan fingerprint density at radius 3 is 2.39 bits per heavy atom. The maximum atomic E-state index is 11.6. The molecule has 1 aromatic heterocycles. The second-order valence-electron chi connectivity index (χ2n) is 5.94. The van der Waals surface area contributed by atoms with E-state index < -0.39 is 10.0 Å². The predicted molar refractivity (Wildman–Crippen MR) is 92.5 cm³/mol. The summed E-state index contributed by atoms with van der Waals surface area (Å²) in [5, 5.41) is 1.00. The molecule has 0 saturated carbocycles. The van der Waals surface area contributed by atoms with Gasteiger partial charge < -0.3 is 9.80 Å². The average molecular weight is 335 g/mol. The van der Waals surface area contributed by atoms with Crippen LogP contribution in [0.1, 0.15) is 0 Å². The SMILES string of the molecule is CN(C)c1ncnc2ccc(N3CCN(S(C)(=O)=O)CC3)cc12. The van der Waals surface area contributed by atoms with Crippen LogP contribution in [0, 0.1) is 0 Å². The molecule has 0 radical (unpaired) electrons. The van der Waals surface area contributed by atoms with E-state index in [0.29, 0.717) is 26.2 Å². The van der Waals surface area contributed by atoms with Crippen molar-refractivity contribution in [2.24, 2.45) is 0 Å². The van der Waals surface area contributed by atoms with Gasteiger partial charge in [-0.25, -0.2) is 18.4 Å². The lowest BCUT2D eigenvalue weighted by Gasteiger charge is -2.34. The Kier molecular flexibility index (Phi) is 4.11. The fourth-order valence-corrected chi connectivity index (χ4v) is 3.69. The minimum absolute atomic E-state index is 0.517. The van der Waals surface area contributed by atoms with E-state index in [2.05, 4.69) is 20.9 Å². The molecule has 0 amide bonds. The second kappa shape index (κ2) is 5.93. The second-order valence-corrected chi connectivity index (χ2v) is 7.92. The fraction of sp³-hybridized carbons (Fsp3) is 0.467. The number of benzene rings is 1. The van der Waals surface area contributed by atoms with Gasteiger partial charge in [-0.05, 0) is 18.2 Å². The van der Waals surface area contributed by atoms with E-state index in [9.17, 15) is 8.42 Å². The summed E-state index contributed by atoms with van der Waals surface area (Å²) in [4.78, 5) is 12.8. The van der Waals surface area contributed by atoms with E-state index in [1.807, 2.05) is 31.1 Å². The molecule has 0 spiro atoms. The van der Waals surface area contributed by atoms with Crippen LogP contribution >= 0.6 is 0 Å². The van der Waals surface area contributed by atoms with E-state index in [4.69, 9.17) is 0 Å². The lowest BCUT2D eigenvalue weighted by Crippen LogP contribution is -2.48. The van der Waals surface area contributed by atoms with Gasteiger partial charge in [0.1, 0.15) is 12.1 Å². The number of fused-ring (bicyclic) bond motifs is 1. The Labute approximate surface area is 136 Å². The molecule has 1 saturated heterocycles. The van der Waals surface area contributed by atoms with Crippen molar-refractivity contribution < 1.29 is 8.42 Å². The third-order valence-corrected chi connectivity index (χ3v) is 5.40. The molecule has 1 fully saturated rings. The lowest BCUT2D eigenvalue weighted by molar-refractivity contribution is 0.388. The van der Waals surface area contributed by atoms with Crippen LogP contribution in [-0.2, 0) is 10.0 Å². The quantitative estimate of drug-likeness (QED) is 0.825. The van der Waals surface area contributed by atoms with Crippen LogP contribution in [0.25, 0.3) is 10.9 Å². The van der Waals surface area contributed by atoms with Crippen LogP contribution in [0.5, 0.6) is 0 Å². The van der Waals surface area contributed by atoms with Crippen LogP contribution in [0.3, 0.4) is 0 Å². The summed E-state index contributed by atoms with van der Waals surface area (Å²) >= 11 is 0. The molecule has 8 heteroatoms. The van der Waals surface area contributed by atoms with Crippen molar-refractivity contribution in [3.05, 3.63) is 24.5 Å². The van der Waals surface area contributed by atoms with Gasteiger partial charge >= 0.3 is 0 Å². The monoisotopic (exact) mass is 335 g/mol. The molecule has 1 aliphatic rings. The molecule has 2 aromatic rings. The number of sulfonamides is 1. The van der Waals surface area contributed by atoms with Gasteiger partial charge in [-0.2, -0.15) is 4.31 Å². The predicted octanol–water partition coefficient (Wildman–Crippen LogP) is 0.777. The molecule has 23 heavy (non-hydrogen) atoms. The third kappa shape index (κ3) is 3.23. The van der Waals surface area contributed by atoms with Gasteiger partial charge in [0.25, 0.3) is 0 Å². The average Bonchev–Trinajstić information content (AvgIpc) is 2.53. The van der Waals surface area contributed by atoms with Crippen molar-refractivity contribution in [2.75, 3.05) is 56.3 Å². The minimum Gasteiger partial charge on any atom is -0.369 e. The first-order valence-electron chi connectivity index (χ1n) is 7.48. The first-order chi connectivity index (χ1) is 10.9. The van der Waals surface area contributed by atoms with Gasteiger partial charge in [0, 0.05) is 51.3 Å². The molecule has 3 rings (SSSR count). The Morgan fingerprint density at radius 1 is 1.09 bits per heavy atom. The lowest BCUT2D eigenvalue weighted by atomic mass is 10.1. The highest BCUT2D eigenvalue weighted by molar-refractivity contribution is 7.88. The van der Waals surface area contributed by atoms with Crippen LogP contribution in [0.15, 0.2) is 24.5 Å². The number of hydrogen-bond donors (Lipinski definition) is 0. The molecule has 0 unspecified atom stereocenters. The number of hydrogen-bond acceptors (Lipinski definition) is 6. The standard InChI is InChI=1S/C15H21N5O2S/c1-18(2)15-13-10-12(4-5-14(13)16-11-17-15)19-6-8-20(9-7-19)23(3,21)22/h4-5,10-11H,6-9H2,1-3H3. The summed E-state index contributed by atoms with van der Waals surface area (Å²) in [5.74, 6) is 0.881. The van der Waals surface area contributed by atoms with Crippen molar-refractivity contribution >= 4 is 32.4 Å². The summed E-state index contributed by atoms with van der Waals surface area (Å²) in [6.07, 6.45) is 2.83. The topological polar surface area (TPSA) is 69.6 Å². The van der Waals surface area contributed by atoms with Gasteiger partial charge in [0.2, 0.25) is 10.0 Å². The molecule has 124 valence electrons. The van der Waals surface area contributed by atoms with Gasteiger partial charge in [-0.3, -0.25) is 0 Å². The summed E-state index contributed by atoms with van der Waals surface area (Å²) in [7, 11) is 0.811. The molecule has 0 aliphatic carbocycles. The van der Waals surface area contributed by atoms with E-state index in [-0.39, 0.29) is 0 Å². The highest BCUT2D eigenvalue weighted by Gasteiger charge is 2.23. The largest absolute Gasteiger partial charge is 0.369 e. The summed E-state index contributed by atoms with van der Waals surface area (Å²) in [6.45, 7) is 2.40. The molecule has 0 atom stereocenters. The first-order valence-corrected chi connectivity index (χ1v) is 9.33. The van der Waals surface area contributed by atoms with E-state index >= 15 is 0 Å². The zero-order valence-corrected chi connectivity index (χ0v) is 14.4. The first kappa shape index (κ1) is 15.9. The number of piperazine rings is 1. The molecular weight excluding hydrogens is 314 g/mol. The Morgan fingerprint density at radius 2 is 1.78 bits per heavy atom. The molecule has 2 heterocycles. The van der Waals surface area contributed by atoms with Gasteiger partial charge in [-0.15, -0.1) is 0 Å². The maximum Gasteiger partial charge on any atom is 0.211 e. The third-order valence-electron chi connectivity index (χ3n) is 4.09. The Balaban J connectivity index is 1.88. The molecule has 0 bridgehead atoms. The number of anilines is 2. The van der Waals surface area contributed by atoms with Crippen molar-refractivity contribution in [2.45, 2.75) is 0 Å². The maximum absolute atomic E-state index is 11.6. The Hall–Kier alpha value is -1.93. The van der Waals surface area contributed by atoms with Gasteiger partial charge in [0.05, 0.1) is 11.8 Å². The highest BCUT2D eigenvalue weighted by atomic mass is 32.2. The number of aromatic nitrogens is 2. The summed E-state index contributed by atoms with van der Waals surface area (Å²) < 4.78 is 24.7. The molecule has 1 aromatic carbocycles. The van der Waals surface area contributed by atoms with Crippen molar-refractivity contribution in [3.63, 3.8) is 0 Å². The van der Waals surface area contributed by atoms with E-state index in [1.54, 1.807) is 6.33 Å². The normalized spacial score (nSPS) is 16.7. The van der Waals surface area contributed by atoms with Crippen molar-refractivity contribution in [1.82, 2.24) is 14.3 Å². The molecule has 0 N–H and O–H groups in total. The zero-order valence-electron chi connectivity index (χ0n) is 13.6. The van der Waals surface area contributed by atoms with E-state index in [0.717, 1.165) is 22.4 Å². The van der Waals surface area contributed by atoms with Crippen LogP contribution in [-0.4, -0.2) is 69.2 Å². The summed E-state index contributed by atoms with van der Waals surface area (Å²) in [6, 6.07) is 6.11. The van der Waals surface area contributed by atoms with E-state index in [1.165, 1.54) is 10.6 Å². The zero-order chi connectivity index (χ0) is 16.6. The minimum atomic E-state index is -3.10. The fourth-order valence-electron chi connectivity index (χ4n) is 2.86. The van der Waals surface area contributed by atoms with Crippen molar-refractivity contribution in [3.8, 4) is 0 Å². The van der Waals surface area contributed by atoms with Gasteiger partial charge in [0.15, 0.2) is 0 Å². The molecule has 1 aliphatic heterocycles. The van der Waals surface area contributed by atoms with Crippen LogP contribution < -0.4 is 9.80 Å². The molecular formula is C15H21N5O2S. The van der Waals surface area contributed by atoms with Crippen molar-refractivity contribution in [1.29, 1.82) is 0 Å². The highest BCUT2D eigenvalue weighted by Crippen LogP contribution is 2.27. The number of nitrogens with zero attached hydrogens (tertiary/aromatic N) is 5. The van der Waals surface area contributed by atoms with Crippen LogP contribution in [0.2, 0.25) is 0 Å². The molecule has 7 nitrogen and oxygen atoms in total. The smallest absolute Gasteiger partial charge is 0.211 e. The summed E-state index contributed by atoms with van der Waals surface area (Å²) in [5.41, 5.74) is 1.98. The Bertz CT molecular complexity index is 814.